The highest BCUT2D eigenvalue weighted by atomic mass is 35.5. The summed E-state index contributed by atoms with van der Waals surface area (Å²) in [7, 11) is 1.31. The maximum atomic E-state index is 11.8. The van der Waals surface area contributed by atoms with Gasteiger partial charge in [-0.3, -0.25) is 4.79 Å². The van der Waals surface area contributed by atoms with Crippen molar-refractivity contribution in [1.29, 1.82) is 0 Å². The number of hydrogen-bond donors (Lipinski definition) is 1. The molecule has 0 atom stereocenters. The van der Waals surface area contributed by atoms with Gasteiger partial charge in [0.1, 0.15) is 5.75 Å². The second kappa shape index (κ2) is 9.96. The number of amides is 1. The van der Waals surface area contributed by atoms with Crippen LogP contribution in [0, 0.1) is 0 Å². The molecule has 0 aliphatic carbocycles. The van der Waals surface area contributed by atoms with Crippen molar-refractivity contribution in [2.45, 2.75) is 4.90 Å². The van der Waals surface area contributed by atoms with E-state index in [9.17, 15) is 9.59 Å². The van der Waals surface area contributed by atoms with Gasteiger partial charge in [0.05, 0.1) is 12.7 Å². The lowest BCUT2D eigenvalue weighted by Gasteiger charge is -2.08. The standard InChI is InChI=1S/C18H18ClNO4S/c1-23-18(22)13-3-2-4-15(11-13)24-12-17(21)20-9-10-25-16-7-5-14(19)6-8-16/h2-8,11H,9-10,12H2,1H3,(H,20,21). The van der Waals surface area contributed by atoms with Crippen LogP contribution >= 0.6 is 23.4 Å². The summed E-state index contributed by atoms with van der Waals surface area (Å²) < 4.78 is 10.0. The zero-order valence-electron chi connectivity index (χ0n) is 13.7. The first kappa shape index (κ1) is 19.1. The normalized spacial score (nSPS) is 10.2. The lowest BCUT2D eigenvalue weighted by Crippen LogP contribution is -2.30. The van der Waals surface area contributed by atoms with Crippen LogP contribution in [0.5, 0.6) is 5.75 Å². The van der Waals surface area contributed by atoms with Gasteiger partial charge in [-0.25, -0.2) is 4.79 Å². The fourth-order valence-electron chi connectivity index (χ4n) is 1.92. The molecule has 1 amide bonds. The molecule has 0 bridgehead atoms. The molecule has 0 saturated carbocycles. The van der Waals surface area contributed by atoms with Crippen molar-refractivity contribution >= 4 is 35.2 Å². The van der Waals surface area contributed by atoms with Gasteiger partial charge in [0.15, 0.2) is 6.61 Å². The van der Waals surface area contributed by atoms with E-state index in [-0.39, 0.29) is 12.5 Å². The van der Waals surface area contributed by atoms with Gasteiger partial charge in [0.2, 0.25) is 0 Å². The molecule has 7 heteroatoms. The van der Waals surface area contributed by atoms with Gasteiger partial charge in [-0.1, -0.05) is 17.7 Å². The summed E-state index contributed by atoms with van der Waals surface area (Å²) in [6, 6.07) is 14.0. The number of halogens is 1. The van der Waals surface area contributed by atoms with Gasteiger partial charge in [-0.15, -0.1) is 11.8 Å². The van der Waals surface area contributed by atoms with Crippen molar-refractivity contribution in [2.24, 2.45) is 0 Å². The minimum atomic E-state index is -0.450. The lowest BCUT2D eigenvalue weighted by atomic mass is 10.2. The maximum Gasteiger partial charge on any atom is 0.337 e. The van der Waals surface area contributed by atoms with Gasteiger partial charge in [0, 0.05) is 22.2 Å². The van der Waals surface area contributed by atoms with E-state index < -0.39 is 5.97 Å². The molecule has 2 aromatic rings. The predicted octanol–water partition coefficient (Wildman–Crippen LogP) is 3.41. The minimum absolute atomic E-state index is 0.115. The van der Waals surface area contributed by atoms with Crippen LogP contribution in [0.2, 0.25) is 5.02 Å². The summed E-state index contributed by atoms with van der Waals surface area (Å²) in [5.74, 6) is 0.508. The molecule has 0 aliphatic heterocycles. The molecule has 25 heavy (non-hydrogen) atoms. The summed E-state index contributed by atoms with van der Waals surface area (Å²) in [4.78, 5) is 24.3. The van der Waals surface area contributed by atoms with E-state index in [0.717, 1.165) is 10.6 Å². The number of rotatable bonds is 8. The average Bonchev–Trinajstić information content (AvgIpc) is 2.64. The fraction of sp³-hybridized carbons (Fsp3) is 0.222. The Morgan fingerprint density at radius 2 is 1.92 bits per heavy atom. The van der Waals surface area contributed by atoms with Crippen LogP contribution in [0.15, 0.2) is 53.4 Å². The van der Waals surface area contributed by atoms with Crippen molar-refractivity contribution < 1.29 is 19.1 Å². The fourth-order valence-corrected chi connectivity index (χ4v) is 2.82. The number of hydrogen-bond acceptors (Lipinski definition) is 5. The smallest absolute Gasteiger partial charge is 0.337 e. The molecule has 0 heterocycles. The Balaban J connectivity index is 1.68. The van der Waals surface area contributed by atoms with Gasteiger partial charge < -0.3 is 14.8 Å². The molecule has 2 aromatic carbocycles. The van der Waals surface area contributed by atoms with Crippen molar-refractivity contribution in [2.75, 3.05) is 26.0 Å². The Bertz CT molecular complexity index is 721. The van der Waals surface area contributed by atoms with Crippen LogP contribution < -0.4 is 10.1 Å². The Labute approximate surface area is 155 Å². The first-order valence-electron chi connectivity index (χ1n) is 7.55. The zero-order valence-corrected chi connectivity index (χ0v) is 15.2. The van der Waals surface area contributed by atoms with Crippen LogP contribution in [0.3, 0.4) is 0 Å². The van der Waals surface area contributed by atoms with Crippen LogP contribution in [0.1, 0.15) is 10.4 Å². The quantitative estimate of drug-likeness (QED) is 0.432. The SMILES string of the molecule is COC(=O)c1cccc(OCC(=O)NCCSc2ccc(Cl)cc2)c1. The summed E-state index contributed by atoms with van der Waals surface area (Å²) in [5.41, 5.74) is 0.375. The average molecular weight is 380 g/mol. The summed E-state index contributed by atoms with van der Waals surface area (Å²) >= 11 is 7.46. The second-order valence-corrected chi connectivity index (χ2v) is 6.57. The molecule has 2 rings (SSSR count). The van der Waals surface area contributed by atoms with Crippen LogP contribution in [0.4, 0.5) is 0 Å². The molecule has 0 aliphatic rings. The predicted molar refractivity (Wildman–Crippen MR) is 98.5 cm³/mol. The second-order valence-electron chi connectivity index (χ2n) is 4.96. The van der Waals surface area contributed by atoms with E-state index in [1.807, 2.05) is 24.3 Å². The Morgan fingerprint density at radius 3 is 2.64 bits per heavy atom. The van der Waals surface area contributed by atoms with Gasteiger partial charge >= 0.3 is 5.97 Å². The van der Waals surface area contributed by atoms with E-state index >= 15 is 0 Å². The molecule has 0 unspecified atom stereocenters. The first-order valence-corrected chi connectivity index (χ1v) is 8.91. The molecule has 5 nitrogen and oxygen atoms in total. The molecule has 0 saturated heterocycles. The van der Waals surface area contributed by atoms with Crippen molar-refractivity contribution in [1.82, 2.24) is 5.32 Å². The zero-order chi connectivity index (χ0) is 18.1. The number of esters is 1. The Hall–Kier alpha value is -2.18. The summed E-state index contributed by atoms with van der Waals surface area (Å²) in [6.07, 6.45) is 0. The molecule has 0 radical (unpaired) electrons. The van der Waals surface area contributed by atoms with E-state index in [2.05, 4.69) is 10.1 Å². The molecule has 0 aromatic heterocycles. The number of ether oxygens (including phenoxy) is 2. The third-order valence-electron chi connectivity index (χ3n) is 3.13. The molecular formula is C18H18ClNO4S. The Kier molecular flexibility index (Phi) is 7.63. The van der Waals surface area contributed by atoms with Gasteiger partial charge in [-0.05, 0) is 42.5 Å². The summed E-state index contributed by atoms with van der Waals surface area (Å²) in [6.45, 7) is 0.411. The number of carbonyl (C=O) groups is 2. The number of carbonyl (C=O) groups excluding carboxylic acids is 2. The van der Waals surface area contributed by atoms with Crippen LogP contribution in [-0.2, 0) is 9.53 Å². The molecule has 0 spiro atoms. The summed E-state index contributed by atoms with van der Waals surface area (Å²) in [5, 5.41) is 3.48. The van der Waals surface area contributed by atoms with Gasteiger partial charge in [0.25, 0.3) is 5.91 Å². The van der Waals surface area contributed by atoms with E-state index in [0.29, 0.717) is 22.9 Å². The number of benzene rings is 2. The number of nitrogens with one attached hydrogen (secondary N) is 1. The highest BCUT2D eigenvalue weighted by molar-refractivity contribution is 7.99. The van der Waals surface area contributed by atoms with Gasteiger partial charge in [-0.2, -0.15) is 0 Å². The van der Waals surface area contributed by atoms with Crippen LogP contribution in [0.25, 0.3) is 0 Å². The van der Waals surface area contributed by atoms with Crippen LogP contribution in [-0.4, -0.2) is 37.9 Å². The highest BCUT2D eigenvalue weighted by Gasteiger charge is 2.07. The lowest BCUT2D eigenvalue weighted by molar-refractivity contribution is -0.122. The van der Waals surface area contributed by atoms with E-state index in [1.54, 1.807) is 30.0 Å². The monoisotopic (exact) mass is 379 g/mol. The van der Waals surface area contributed by atoms with Crippen molar-refractivity contribution in [3.8, 4) is 5.75 Å². The highest BCUT2D eigenvalue weighted by Crippen LogP contribution is 2.19. The third kappa shape index (κ3) is 6.68. The maximum absolute atomic E-state index is 11.8. The largest absolute Gasteiger partial charge is 0.484 e. The van der Waals surface area contributed by atoms with E-state index in [4.69, 9.17) is 16.3 Å². The topological polar surface area (TPSA) is 64.6 Å². The first-order chi connectivity index (χ1) is 12.1. The van der Waals surface area contributed by atoms with Crippen molar-refractivity contribution in [3.05, 3.63) is 59.1 Å². The number of methoxy groups -OCH3 is 1. The Morgan fingerprint density at radius 1 is 1.16 bits per heavy atom. The van der Waals surface area contributed by atoms with E-state index in [1.165, 1.54) is 13.2 Å². The molecule has 0 fully saturated rings. The third-order valence-corrected chi connectivity index (χ3v) is 4.40. The molecular weight excluding hydrogens is 362 g/mol. The number of thioether (sulfide) groups is 1. The van der Waals surface area contributed by atoms with Crippen molar-refractivity contribution in [3.63, 3.8) is 0 Å². The minimum Gasteiger partial charge on any atom is -0.484 e. The molecule has 132 valence electrons. The molecule has 1 N–H and O–H groups in total.